The molecule has 1 heterocycles. The van der Waals surface area contributed by atoms with Crippen LogP contribution in [0.2, 0.25) is 0 Å². The summed E-state index contributed by atoms with van der Waals surface area (Å²) in [4.78, 5) is 11.7. The SMILES string of the molecule is Cc1ccc(NC(=O)NCCCOCc2ccco2)cc1Br. The highest BCUT2D eigenvalue weighted by Gasteiger charge is 2.03. The molecule has 0 atom stereocenters. The fourth-order valence-corrected chi connectivity index (χ4v) is 2.17. The topological polar surface area (TPSA) is 63.5 Å². The van der Waals surface area contributed by atoms with Gasteiger partial charge in [-0.15, -0.1) is 0 Å². The maximum atomic E-state index is 11.7. The number of carbonyl (C=O) groups excluding carboxylic acids is 1. The van der Waals surface area contributed by atoms with Crippen molar-refractivity contribution in [1.82, 2.24) is 5.32 Å². The predicted octanol–water partition coefficient (Wildman–Crippen LogP) is 4.08. The molecule has 118 valence electrons. The molecule has 0 radical (unpaired) electrons. The van der Waals surface area contributed by atoms with Crippen molar-refractivity contribution >= 4 is 27.6 Å². The van der Waals surface area contributed by atoms with Crippen LogP contribution in [0.3, 0.4) is 0 Å². The van der Waals surface area contributed by atoms with Crippen LogP contribution >= 0.6 is 15.9 Å². The molecular weight excluding hydrogens is 348 g/mol. The summed E-state index contributed by atoms with van der Waals surface area (Å²) < 4.78 is 11.6. The molecule has 0 aliphatic carbocycles. The van der Waals surface area contributed by atoms with E-state index in [1.807, 2.05) is 37.3 Å². The third-order valence-electron chi connectivity index (χ3n) is 3.01. The van der Waals surface area contributed by atoms with Crippen molar-refractivity contribution in [3.05, 3.63) is 52.4 Å². The first-order valence-electron chi connectivity index (χ1n) is 7.06. The Bertz CT molecular complexity index is 599. The second-order valence-corrected chi connectivity index (χ2v) is 5.68. The van der Waals surface area contributed by atoms with Crippen LogP contribution in [0.25, 0.3) is 0 Å². The number of furan rings is 1. The van der Waals surface area contributed by atoms with Crippen LogP contribution in [-0.4, -0.2) is 19.2 Å². The van der Waals surface area contributed by atoms with E-state index in [2.05, 4.69) is 26.6 Å². The zero-order chi connectivity index (χ0) is 15.8. The first-order valence-corrected chi connectivity index (χ1v) is 7.85. The number of benzene rings is 1. The minimum absolute atomic E-state index is 0.221. The van der Waals surface area contributed by atoms with Crippen LogP contribution in [0.1, 0.15) is 17.7 Å². The van der Waals surface area contributed by atoms with E-state index < -0.39 is 0 Å². The number of urea groups is 1. The highest BCUT2D eigenvalue weighted by molar-refractivity contribution is 9.10. The van der Waals surface area contributed by atoms with Crippen LogP contribution in [0.15, 0.2) is 45.5 Å². The quantitative estimate of drug-likeness (QED) is 0.725. The number of ether oxygens (including phenoxy) is 1. The summed E-state index contributed by atoms with van der Waals surface area (Å²) in [6.07, 6.45) is 2.36. The van der Waals surface area contributed by atoms with Gasteiger partial charge in [-0.25, -0.2) is 4.79 Å². The standard InChI is InChI=1S/C16H19BrN2O3/c1-12-5-6-13(10-15(12)17)19-16(20)18-7-3-8-21-11-14-4-2-9-22-14/h2,4-6,9-10H,3,7-8,11H2,1H3,(H2,18,19,20). The van der Waals surface area contributed by atoms with Crippen molar-refractivity contribution in [2.24, 2.45) is 0 Å². The van der Waals surface area contributed by atoms with Gasteiger partial charge < -0.3 is 19.8 Å². The fourth-order valence-electron chi connectivity index (χ4n) is 1.79. The van der Waals surface area contributed by atoms with Crippen molar-refractivity contribution in [1.29, 1.82) is 0 Å². The summed E-state index contributed by atoms with van der Waals surface area (Å²) in [6, 6.07) is 9.16. The lowest BCUT2D eigenvalue weighted by molar-refractivity contribution is 0.104. The van der Waals surface area contributed by atoms with Crippen LogP contribution in [0, 0.1) is 6.92 Å². The first kappa shape index (κ1) is 16.6. The minimum Gasteiger partial charge on any atom is -0.467 e. The van der Waals surface area contributed by atoms with Crippen LogP contribution in [0.5, 0.6) is 0 Å². The number of aryl methyl sites for hydroxylation is 1. The molecule has 1 aromatic heterocycles. The molecule has 0 bridgehead atoms. The third-order valence-corrected chi connectivity index (χ3v) is 3.86. The second kappa shape index (κ2) is 8.60. The number of anilines is 1. The minimum atomic E-state index is -0.221. The van der Waals surface area contributed by atoms with Crippen molar-refractivity contribution in [3.63, 3.8) is 0 Å². The molecule has 0 aliphatic rings. The van der Waals surface area contributed by atoms with E-state index in [4.69, 9.17) is 9.15 Å². The number of hydrogen-bond acceptors (Lipinski definition) is 3. The number of halogens is 1. The fraction of sp³-hybridized carbons (Fsp3) is 0.312. The van der Waals surface area contributed by atoms with E-state index in [9.17, 15) is 4.79 Å². The number of nitrogens with one attached hydrogen (secondary N) is 2. The smallest absolute Gasteiger partial charge is 0.319 e. The molecule has 0 saturated heterocycles. The third kappa shape index (κ3) is 5.54. The molecule has 0 unspecified atom stereocenters. The van der Waals surface area contributed by atoms with Crippen LogP contribution in [-0.2, 0) is 11.3 Å². The monoisotopic (exact) mass is 366 g/mol. The van der Waals surface area contributed by atoms with Gasteiger partial charge in [0.2, 0.25) is 0 Å². The van der Waals surface area contributed by atoms with Gasteiger partial charge in [-0.05, 0) is 43.2 Å². The summed E-state index contributed by atoms with van der Waals surface area (Å²) in [5, 5.41) is 5.58. The summed E-state index contributed by atoms with van der Waals surface area (Å²) in [7, 11) is 0. The van der Waals surface area contributed by atoms with Crippen molar-refractivity contribution in [2.45, 2.75) is 20.0 Å². The van der Waals surface area contributed by atoms with Gasteiger partial charge in [0.05, 0.1) is 6.26 Å². The van der Waals surface area contributed by atoms with Crippen LogP contribution < -0.4 is 10.6 Å². The second-order valence-electron chi connectivity index (χ2n) is 4.83. The normalized spacial score (nSPS) is 10.5. The highest BCUT2D eigenvalue weighted by atomic mass is 79.9. The molecule has 22 heavy (non-hydrogen) atoms. The molecule has 5 nitrogen and oxygen atoms in total. The number of amides is 2. The summed E-state index contributed by atoms with van der Waals surface area (Å²) in [5.41, 5.74) is 1.88. The van der Waals surface area contributed by atoms with Gasteiger partial charge in [-0.3, -0.25) is 0 Å². The Labute approximate surface area is 138 Å². The van der Waals surface area contributed by atoms with Gasteiger partial charge in [0.15, 0.2) is 0 Å². The van der Waals surface area contributed by atoms with Gasteiger partial charge in [0, 0.05) is 23.3 Å². The van der Waals surface area contributed by atoms with Crippen molar-refractivity contribution in [3.8, 4) is 0 Å². The van der Waals surface area contributed by atoms with Gasteiger partial charge in [0.1, 0.15) is 12.4 Å². The Hall–Kier alpha value is -1.79. The number of hydrogen-bond donors (Lipinski definition) is 2. The maximum absolute atomic E-state index is 11.7. The molecule has 6 heteroatoms. The predicted molar refractivity (Wildman–Crippen MR) is 88.9 cm³/mol. The largest absolute Gasteiger partial charge is 0.467 e. The molecule has 0 saturated carbocycles. The van der Waals surface area contributed by atoms with Crippen LogP contribution in [0.4, 0.5) is 10.5 Å². The maximum Gasteiger partial charge on any atom is 0.319 e. The van der Waals surface area contributed by atoms with Gasteiger partial charge >= 0.3 is 6.03 Å². The molecule has 0 spiro atoms. The van der Waals surface area contributed by atoms with E-state index in [0.717, 1.165) is 27.9 Å². The first-order chi connectivity index (χ1) is 10.6. The lowest BCUT2D eigenvalue weighted by Crippen LogP contribution is -2.30. The Balaban J connectivity index is 1.58. The lowest BCUT2D eigenvalue weighted by Gasteiger charge is -2.09. The molecule has 2 aromatic rings. The van der Waals surface area contributed by atoms with Crippen molar-refractivity contribution in [2.75, 3.05) is 18.5 Å². The Morgan fingerprint density at radius 2 is 2.23 bits per heavy atom. The van der Waals surface area contributed by atoms with Gasteiger partial charge in [-0.1, -0.05) is 22.0 Å². The lowest BCUT2D eigenvalue weighted by atomic mass is 10.2. The van der Waals surface area contributed by atoms with Gasteiger partial charge in [0.25, 0.3) is 0 Å². The summed E-state index contributed by atoms with van der Waals surface area (Å²) >= 11 is 3.44. The molecule has 0 aliphatic heterocycles. The summed E-state index contributed by atoms with van der Waals surface area (Å²) in [5.74, 6) is 0.802. The van der Waals surface area contributed by atoms with E-state index >= 15 is 0 Å². The Morgan fingerprint density at radius 3 is 2.95 bits per heavy atom. The van der Waals surface area contributed by atoms with E-state index in [1.54, 1.807) is 6.26 Å². The zero-order valence-corrected chi connectivity index (χ0v) is 14.0. The number of carbonyl (C=O) groups is 1. The molecule has 1 aromatic carbocycles. The average molecular weight is 367 g/mol. The molecule has 2 N–H and O–H groups in total. The van der Waals surface area contributed by atoms with E-state index in [1.165, 1.54) is 0 Å². The van der Waals surface area contributed by atoms with Gasteiger partial charge in [-0.2, -0.15) is 0 Å². The molecule has 2 rings (SSSR count). The zero-order valence-electron chi connectivity index (χ0n) is 12.4. The number of rotatable bonds is 7. The Kier molecular flexibility index (Phi) is 6.48. The summed E-state index contributed by atoms with van der Waals surface area (Å²) in [6.45, 7) is 3.57. The average Bonchev–Trinajstić information content (AvgIpc) is 3.00. The Morgan fingerprint density at radius 1 is 1.36 bits per heavy atom. The molecule has 2 amide bonds. The highest BCUT2D eigenvalue weighted by Crippen LogP contribution is 2.20. The molecule has 0 fully saturated rings. The van der Waals surface area contributed by atoms with E-state index in [0.29, 0.717) is 19.8 Å². The molecular formula is C16H19BrN2O3. The van der Waals surface area contributed by atoms with Crippen molar-refractivity contribution < 1.29 is 13.9 Å². The van der Waals surface area contributed by atoms with E-state index in [-0.39, 0.29) is 6.03 Å².